The van der Waals surface area contributed by atoms with E-state index >= 15 is 0 Å². The van der Waals surface area contributed by atoms with E-state index in [4.69, 9.17) is 0 Å². The van der Waals surface area contributed by atoms with E-state index in [2.05, 4.69) is 20.9 Å². The average Bonchev–Trinajstić information content (AvgIpc) is 2.35. The molecule has 1 aromatic rings. The van der Waals surface area contributed by atoms with Gasteiger partial charge in [0.1, 0.15) is 5.69 Å². The van der Waals surface area contributed by atoms with Crippen LogP contribution in [0.2, 0.25) is 0 Å². The summed E-state index contributed by atoms with van der Waals surface area (Å²) in [6.07, 6.45) is -4.27. The summed E-state index contributed by atoms with van der Waals surface area (Å²) in [4.78, 5) is 13.8. The Morgan fingerprint density at radius 3 is 2.40 bits per heavy atom. The molecule has 0 aromatic carbocycles. The minimum absolute atomic E-state index is 0.424. The summed E-state index contributed by atoms with van der Waals surface area (Å²) >= 11 is 2.95. The highest BCUT2D eigenvalue weighted by Gasteiger charge is 2.34. The van der Waals surface area contributed by atoms with Gasteiger partial charge in [0, 0.05) is 6.20 Å². The molecule has 20 heavy (non-hydrogen) atoms. The molecular weight excluding hydrogens is 363 g/mol. The van der Waals surface area contributed by atoms with Crippen molar-refractivity contribution in [2.75, 3.05) is 5.75 Å². The second-order valence-corrected chi connectivity index (χ2v) is 7.57. The number of halogens is 4. The van der Waals surface area contributed by atoms with E-state index in [1.54, 1.807) is 0 Å². The molecule has 0 saturated heterocycles. The Morgan fingerprint density at radius 1 is 1.45 bits per heavy atom. The van der Waals surface area contributed by atoms with Crippen LogP contribution in [-0.2, 0) is 16.0 Å². The molecule has 9 heteroatoms. The van der Waals surface area contributed by atoms with Crippen molar-refractivity contribution in [1.82, 2.24) is 4.98 Å². The third kappa shape index (κ3) is 3.57. The van der Waals surface area contributed by atoms with Gasteiger partial charge in [-0.2, -0.15) is 13.2 Å². The molecule has 0 amide bonds. The SMILES string of the molecule is CCS(=O)(=O)c1cc(C(F)(F)F)cnc1C(=O)C(C)Br. The van der Waals surface area contributed by atoms with Crippen molar-refractivity contribution in [3.63, 3.8) is 0 Å². The van der Waals surface area contributed by atoms with Crippen LogP contribution >= 0.6 is 15.9 Å². The second kappa shape index (κ2) is 5.80. The first-order chi connectivity index (χ1) is 9.00. The maximum atomic E-state index is 12.6. The molecule has 0 bridgehead atoms. The lowest BCUT2D eigenvalue weighted by molar-refractivity contribution is -0.138. The maximum absolute atomic E-state index is 12.6. The number of alkyl halides is 4. The van der Waals surface area contributed by atoms with Crippen LogP contribution in [0.1, 0.15) is 29.9 Å². The predicted octanol–water partition coefficient (Wildman–Crippen LogP) is 2.86. The Kier molecular flexibility index (Phi) is 4.96. The molecule has 1 heterocycles. The molecule has 0 N–H and O–H groups in total. The molecule has 4 nitrogen and oxygen atoms in total. The molecule has 1 rings (SSSR count). The van der Waals surface area contributed by atoms with Gasteiger partial charge in [0.15, 0.2) is 15.6 Å². The van der Waals surface area contributed by atoms with Crippen molar-refractivity contribution in [2.45, 2.75) is 29.7 Å². The summed E-state index contributed by atoms with van der Waals surface area (Å²) in [7, 11) is -3.99. The number of pyridine rings is 1. The van der Waals surface area contributed by atoms with Gasteiger partial charge in [-0.15, -0.1) is 0 Å². The summed E-state index contributed by atoms with van der Waals surface area (Å²) in [6.45, 7) is 2.71. The van der Waals surface area contributed by atoms with E-state index in [1.165, 1.54) is 13.8 Å². The lowest BCUT2D eigenvalue weighted by Crippen LogP contribution is -2.20. The standard InChI is InChI=1S/C11H11BrF3NO3S/c1-3-20(18,19)8-4-7(11(13,14)15)5-16-9(8)10(17)6(2)12/h4-6H,3H2,1-2H3. The van der Waals surface area contributed by atoms with Crippen LogP contribution in [0.3, 0.4) is 0 Å². The zero-order valence-electron chi connectivity index (χ0n) is 10.5. The number of sulfone groups is 1. The van der Waals surface area contributed by atoms with Gasteiger partial charge < -0.3 is 0 Å². The first-order valence-corrected chi connectivity index (χ1v) is 8.05. The van der Waals surface area contributed by atoms with E-state index in [-0.39, 0.29) is 0 Å². The molecule has 0 fully saturated rings. The fourth-order valence-corrected chi connectivity index (χ4v) is 2.65. The Balaban J connectivity index is 3.60. The molecular formula is C11H11BrF3NO3S. The second-order valence-electron chi connectivity index (χ2n) is 3.95. The first kappa shape index (κ1) is 17.1. The van der Waals surface area contributed by atoms with Crippen molar-refractivity contribution >= 4 is 31.6 Å². The van der Waals surface area contributed by atoms with Gasteiger partial charge in [-0.05, 0) is 13.0 Å². The topological polar surface area (TPSA) is 64.1 Å². The number of hydrogen-bond acceptors (Lipinski definition) is 4. The minimum atomic E-state index is -4.73. The number of hydrogen-bond donors (Lipinski definition) is 0. The van der Waals surface area contributed by atoms with Crippen LogP contribution < -0.4 is 0 Å². The lowest BCUT2D eigenvalue weighted by Gasteiger charge is -2.12. The van der Waals surface area contributed by atoms with Crippen molar-refractivity contribution in [3.8, 4) is 0 Å². The molecule has 1 aromatic heterocycles. The third-order valence-corrected chi connectivity index (χ3v) is 4.65. The molecule has 0 saturated carbocycles. The molecule has 1 atom stereocenters. The number of aromatic nitrogens is 1. The van der Waals surface area contributed by atoms with E-state index in [1.807, 2.05) is 0 Å². The quantitative estimate of drug-likeness (QED) is 0.601. The van der Waals surface area contributed by atoms with Crippen LogP contribution in [0.5, 0.6) is 0 Å². The summed E-state index contributed by atoms with van der Waals surface area (Å²) in [5, 5.41) is 0. The van der Waals surface area contributed by atoms with Crippen molar-refractivity contribution in [1.29, 1.82) is 0 Å². The monoisotopic (exact) mass is 373 g/mol. The van der Waals surface area contributed by atoms with E-state index < -0.39 is 48.5 Å². The Labute approximate surface area is 122 Å². The van der Waals surface area contributed by atoms with Gasteiger partial charge in [0.25, 0.3) is 0 Å². The molecule has 112 valence electrons. The lowest BCUT2D eigenvalue weighted by atomic mass is 10.2. The zero-order chi connectivity index (χ0) is 15.7. The number of ketones is 1. The molecule has 0 radical (unpaired) electrons. The number of nitrogens with zero attached hydrogens (tertiary/aromatic N) is 1. The van der Waals surface area contributed by atoms with E-state index in [0.29, 0.717) is 12.3 Å². The van der Waals surface area contributed by atoms with Crippen molar-refractivity contribution in [2.24, 2.45) is 0 Å². The highest BCUT2D eigenvalue weighted by molar-refractivity contribution is 9.10. The Bertz CT molecular complexity index is 626. The van der Waals surface area contributed by atoms with Crippen LogP contribution in [0, 0.1) is 0 Å². The van der Waals surface area contributed by atoms with E-state index in [0.717, 1.165) is 0 Å². The van der Waals surface area contributed by atoms with Gasteiger partial charge >= 0.3 is 6.18 Å². The van der Waals surface area contributed by atoms with E-state index in [9.17, 15) is 26.4 Å². The van der Waals surface area contributed by atoms with Crippen LogP contribution in [-0.4, -0.2) is 29.8 Å². The molecule has 0 aliphatic carbocycles. The summed E-state index contributed by atoms with van der Waals surface area (Å²) < 4.78 is 61.6. The molecule has 0 aliphatic heterocycles. The van der Waals surface area contributed by atoms with Crippen molar-refractivity contribution < 1.29 is 26.4 Å². The van der Waals surface area contributed by atoms with Crippen LogP contribution in [0.15, 0.2) is 17.2 Å². The third-order valence-electron chi connectivity index (χ3n) is 2.49. The number of carbonyl (C=O) groups excluding carboxylic acids is 1. The van der Waals surface area contributed by atoms with Crippen molar-refractivity contribution in [3.05, 3.63) is 23.5 Å². The summed E-state index contributed by atoms with van der Waals surface area (Å²) in [6, 6.07) is 0.453. The largest absolute Gasteiger partial charge is 0.417 e. The van der Waals surface area contributed by atoms with Crippen LogP contribution in [0.4, 0.5) is 13.2 Å². The fourth-order valence-electron chi connectivity index (χ4n) is 1.37. The average molecular weight is 374 g/mol. The molecule has 0 spiro atoms. The summed E-state index contributed by atoms with van der Waals surface area (Å²) in [5.74, 6) is -1.11. The van der Waals surface area contributed by atoms with Crippen LogP contribution in [0.25, 0.3) is 0 Å². The molecule has 1 unspecified atom stereocenters. The number of carbonyl (C=O) groups is 1. The summed E-state index contributed by atoms with van der Waals surface area (Å²) in [5.41, 5.74) is -1.69. The minimum Gasteiger partial charge on any atom is -0.291 e. The maximum Gasteiger partial charge on any atom is 0.417 e. The Morgan fingerprint density at radius 2 is 2.00 bits per heavy atom. The highest BCUT2D eigenvalue weighted by Crippen LogP contribution is 2.31. The van der Waals surface area contributed by atoms with Gasteiger partial charge in [0.2, 0.25) is 0 Å². The highest BCUT2D eigenvalue weighted by atomic mass is 79.9. The first-order valence-electron chi connectivity index (χ1n) is 5.49. The molecule has 0 aliphatic rings. The normalized spacial score (nSPS) is 14.1. The Hall–Kier alpha value is -0.960. The predicted molar refractivity (Wildman–Crippen MR) is 69.7 cm³/mol. The van der Waals surface area contributed by atoms with Gasteiger partial charge in [-0.1, -0.05) is 22.9 Å². The smallest absolute Gasteiger partial charge is 0.291 e. The van der Waals surface area contributed by atoms with Gasteiger partial charge in [-0.3, -0.25) is 9.78 Å². The van der Waals surface area contributed by atoms with Gasteiger partial charge in [-0.25, -0.2) is 8.42 Å². The fraction of sp³-hybridized carbons (Fsp3) is 0.455. The zero-order valence-corrected chi connectivity index (χ0v) is 12.9. The van der Waals surface area contributed by atoms with Gasteiger partial charge in [0.05, 0.1) is 21.0 Å². The number of rotatable bonds is 4. The number of Topliss-reactive ketones (excluding diaryl/α,β-unsaturated/α-hetero) is 1.